The Morgan fingerprint density at radius 3 is 1.89 bits per heavy atom. The van der Waals surface area contributed by atoms with E-state index in [9.17, 15) is 4.79 Å². The predicted molar refractivity (Wildman–Crippen MR) is 83.3 cm³/mol. The van der Waals surface area contributed by atoms with Gasteiger partial charge in [0, 0.05) is 5.92 Å². The molecule has 0 spiro atoms. The summed E-state index contributed by atoms with van der Waals surface area (Å²) in [5, 5.41) is 0. The molecule has 0 bridgehead atoms. The second-order valence-electron chi connectivity index (χ2n) is 6.20. The Hall–Kier alpha value is -0.590. The summed E-state index contributed by atoms with van der Waals surface area (Å²) in [6.07, 6.45) is 18.7. The number of unbranched alkanes of at least 4 members (excludes halogenated alkanes) is 9. The van der Waals surface area contributed by atoms with Gasteiger partial charge in [0.25, 0.3) is 0 Å². The van der Waals surface area contributed by atoms with E-state index in [-0.39, 0.29) is 0 Å². The first-order chi connectivity index (χ1) is 9.25. The Morgan fingerprint density at radius 2 is 1.42 bits per heavy atom. The van der Waals surface area contributed by atoms with E-state index >= 15 is 0 Å². The van der Waals surface area contributed by atoms with Crippen molar-refractivity contribution in [3.8, 4) is 0 Å². The Kier molecular flexibility index (Phi) is 8.86. The van der Waals surface area contributed by atoms with Crippen LogP contribution in [0.1, 0.15) is 84.5 Å². The summed E-state index contributed by atoms with van der Waals surface area (Å²) in [4.78, 5) is 11.6. The van der Waals surface area contributed by atoms with Crippen LogP contribution in [0.3, 0.4) is 0 Å². The molecule has 0 saturated carbocycles. The van der Waals surface area contributed by atoms with E-state index in [4.69, 9.17) is 0 Å². The summed E-state index contributed by atoms with van der Waals surface area (Å²) >= 11 is 0. The fraction of sp³-hybridized carbons (Fsp3) is 0.833. The van der Waals surface area contributed by atoms with E-state index in [1.165, 1.54) is 64.2 Å². The highest BCUT2D eigenvalue weighted by Crippen LogP contribution is 2.27. The first-order valence-corrected chi connectivity index (χ1v) is 8.47. The lowest BCUT2D eigenvalue weighted by Gasteiger charge is -2.13. The van der Waals surface area contributed by atoms with Crippen molar-refractivity contribution in [3.05, 3.63) is 12.2 Å². The van der Waals surface area contributed by atoms with Crippen molar-refractivity contribution in [2.24, 2.45) is 11.8 Å². The standard InChI is InChI=1S/C18H32O/c1-3-4-5-6-7-8-9-10-11-12-13-17-16(2)14-15-18(17)19/h14-17H,3-13H2,1-2H3. The molecular weight excluding hydrogens is 232 g/mol. The minimum atomic E-state index is 0.300. The maximum Gasteiger partial charge on any atom is 0.159 e. The van der Waals surface area contributed by atoms with E-state index in [0.29, 0.717) is 17.6 Å². The van der Waals surface area contributed by atoms with Gasteiger partial charge in [-0.15, -0.1) is 0 Å². The Labute approximate surface area is 119 Å². The van der Waals surface area contributed by atoms with Crippen LogP contribution in [0.2, 0.25) is 0 Å². The zero-order valence-corrected chi connectivity index (χ0v) is 13.0. The predicted octanol–water partition coefficient (Wildman–Crippen LogP) is 5.69. The highest BCUT2D eigenvalue weighted by molar-refractivity contribution is 5.94. The number of hydrogen-bond donors (Lipinski definition) is 0. The first kappa shape index (κ1) is 16.5. The average Bonchev–Trinajstić information content (AvgIpc) is 2.72. The second-order valence-corrected chi connectivity index (χ2v) is 6.20. The van der Waals surface area contributed by atoms with E-state index < -0.39 is 0 Å². The van der Waals surface area contributed by atoms with Crippen molar-refractivity contribution in [3.63, 3.8) is 0 Å². The summed E-state index contributed by atoms with van der Waals surface area (Å²) < 4.78 is 0. The minimum absolute atomic E-state index is 0.300. The van der Waals surface area contributed by atoms with E-state index in [1.807, 2.05) is 0 Å². The zero-order chi connectivity index (χ0) is 13.9. The van der Waals surface area contributed by atoms with Gasteiger partial charge < -0.3 is 0 Å². The van der Waals surface area contributed by atoms with E-state index in [0.717, 1.165) is 6.42 Å². The molecule has 0 amide bonds. The molecule has 1 heteroatoms. The van der Waals surface area contributed by atoms with Crippen LogP contribution in [0.25, 0.3) is 0 Å². The molecule has 0 aromatic carbocycles. The number of allylic oxidation sites excluding steroid dienone is 2. The molecule has 0 heterocycles. The van der Waals surface area contributed by atoms with Gasteiger partial charge in [-0.3, -0.25) is 4.79 Å². The third-order valence-corrected chi connectivity index (χ3v) is 4.43. The molecule has 0 radical (unpaired) electrons. The monoisotopic (exact) mass is 264 g/mol. The fourth-order valence-corrected chi connectivity index (χ4v) is 3.02. The molecule has 110 valence electrons. The topological polar surface area (TPSA) is 17.1 Å². The third kappa shape index (κ3) is 6.94. The van der Waals surface area contributed by atoms with Crippen LogP contribution in [0.4, 0.5) is 0 Å². The zero-order valence-electron chi connectivity index (χ0n) is 13.0. The number of ketones is 1. The summed E-state index contributed by atoms with van der Waals surface area (Å²) in [6.45, 7) is 4.44. The van der Waals surface area contributed by atoms with Crippen molar-refractivity contribution < 1.29 is 4.79 Å². The van der Waals surface area contributed by atoms with Crippen LogP contribution in [-0.4, -0.2) is 5.78 Å². The summed E-state index contributed by atoms with van der Waals surface area (Å²) in [5.74, 6) is 1.14. The normalized spacial score (nSPS) is 22.3. The summed E-state index contributed by atoms with van der Waals surface area (Å²) in [7, 11) is 0. The lowest BCUT2D eigenvalue weighted by molar-refractivity contribution is -0.118. The SMILES string of the molecule is CCCCCCCCCCCCC1C(=O)C=CC1C. The molecular formula is C18H32O. The molecule has 0 aromatic rings. The minimum Gasteiger partial charge on any atom is -0.295 e. The molecule has 0 N–H and O–H groups in total. The summed E-state index contributed by atoms with van der Waals surface area (Å²) in [6, 6.07) is 0. The lowest BCUT2D eigenvalue weighted by Crippen LogP contribution is -2.13. The first-order valence-electron chi connectivity index (χ1n) is 8.47. The maximum atomic E-state index is 11.6. The van der Waals surface area contributed by atoms with Gasteiger partial charge in [0.15, 0.2) is 5.78 Å². The van der Waals surface area contributed by atoms with Gasteiger partial charge in [-0.1, -0.05) is 84.1 Å². The quantitative estimate of drug-likeness (QED) is 0.438. The average molecular weight is 264 g/mol. The Balaban J connectivity index is 1.85. The number of hydrogen-bond acceptors (Lipinski definition) is 1. The van der Waals surface area contributed by atoms with Gasteiger partial charge in [-0.05, 0) is 18.4 Å². The van der Waals surface area contributed by atoms with E-state index in [1.54, 1.807) is 6.08 Å². The van der Waals surface area contributed by atoms with Gasteiger partial charge >= 0.3 is 0 Å². The van der Waals surface area contributed by atoms with Gasteiger partial charge in [-0.25, -0.2) is 0 Å². The summed E-state index contributed by atoms with van der Waals surface area (Å²) in [5.41, 5.74) is 0. The van der Waals surface area contributed by atoms with Crippen LogP contribution < -0.4 is 0 Å². The van der Waals surface area contributed by atoms with Crippen LogP contribution >= 0.6 is 0 Å². The van der Waals surface area contributed by atoms with Crippen LogP contribution in [-0.2, 0) is 4.79 Å². The second kappa shape index (κ2) is 10.2. The van der Waals surface area contributed by atoms with Crippen molar-refractivity contribution >= 4 is 5.78 Å². The molecule has 0 fully saturated rings. The van der Waals surface area contributed by atoms with Gasteiger partial charge in [0.05, 0.1) is 0 Å². The number of carbonyl (C=O) groups is 1. The maximum absolute atomic E-state index is 11.6. The number of carbonyl (C=O) groups excluding carboxylic acids is 1. The molecule has 2 atom stereocenters. The highest BCUT2D eigenvalue weighted by atomic mass is 16.1. The number of rotatable bonds is 11. The third-order valence-electron chi connectivity index (χ3n) is 4.43. The van der Waals surface area contributed by atoms with Gasteiger partial charge in [-0.2, -0.15) is 0 Å². The van der Waals surface area contributed by atoms with E-state index in [2.05, 4.69) is 19.9 Å². The molecule has 0 aliphatic heterocycles. The molecule has 2 unspecified atom stereocenters. The highest BCUT2D eigenvalue weighted by Gasteiger charge is 2.25. The largest absolute Gasteiger partial charge is 0.295 e. The van der Waals surface area contributed by atoms with Gasteiger partial charge in [0.2, 0.25) is 0 Å². The molecule has 1 aliphatic carbocycles. The lowest BCUT2D eigenvalue weighted by atomic mass is 9.90. The van der Waals surface area contributed by atoms with Gasteiger partial charge in [0.1, 0.15) is 0 Å². The molecule has 1 rings (SSSR count). The van der Waals surface area contributed by atoms with Crippen molar-refractivity contribution in [2.45, 2.75) is 84.5 Å². The van der Waals surface area contributed by atoms with Crippen LogP contribution in [0.5, 0.6) is 0 Å². The van der Waals surface area contributed by atoms with Crippen molar-refractivity contribution in [2.75, 3.05) is 0 Å². The molecule has 1 aliphatic rings. The molecule has 1 nitrogen and oxygen atoms in total. The van der Waals surface area contributed by atoms with Crippen LogP contribution in [0.15, 0.2) is 12.2 Å². The molecule has 19 heavy (non-hydrogen) atoms. The smallest absolute Gasteiger partial charge is 0.159 e. The van der Waals surface area contributed by atoms with Crippen molar-refractivity contribution in [1.82, 2.24) is 0 Å². The molecule has 0 aromatic heterocycles. The molecule has 0 saturated heterocycles. The Morgan fingerprint density at radius 1 is 0.895 bits per heavy atom. The van der Waals surface area contributed by atoms with Crippen LogP contribution in [0, 0.1) is 11.8 Å². The Bertz CT molecular complexity index is 267. The fourth-order valence-electron chi connectivity index (χ4n) is 3.02. The van der Waals surface area contributed by atoms with Crippen molar-refractivity contribution in [1.29, 1.82) is 0 Å².